The molecule has 1 aromatic rings. The molecular formula is C25H37F3. The van der Waals surface area contributed by atoms with E-state index in [-0.39, 0.29) is 0 Å². The van der Waals surface area contributed by atoms with Crippen molar-refractivity contribution in [1.29, 1.82) is 0 Å². The highest BCUT2D eigenvalue weighted by Crippen LogP contribution is 2.43. The lowest BCUT2D eigenvalue weighted by Gasteiger charge is -2.38. The fraction of sp³-hybridized carbons (Fsp3) is 0.760. The van der Waals surface area contributed by atoms with Crippen molar-refractivity contribution >= 4 is 0 Å². The predicted octanol–water partition coefficient (Wildman–Crippen LogP) is 8.23. The zero-order valence-corrected chi connectivity index (χ0v) is 17.5. The lowest BCUT2D eigenvalue weighted by Crippen LogP contribution is -2.26. The molecule has 0 bridgehead atoms. The SMILES string of the molecule is CCCCCC1CCC(C2CCC(CCc3ccc(F)c(F)c3F)CC2)CC1. The highest BCUT2D eigenvalue weighted by molar-refractivity contribution is 5.20. The van der Waals surface area contributed by atoms with E-state index in [0.29, 0.717) is 17.9 Å². The van der Waals surface area contributed by atoms with E-state index < -0.39 is 17.5 Å². The van der Waals surface area contributed by atoms with Crippen LogP contribution in [0.4, 0.5) is 13.2 Å². The molecule has 2 aliphatic carbocycles. The Morgan fingerprint density at radius 2 is 1.29 bits per heavy atom. The van der Waals surface area contributed by atoms with E-state index in [4.69, 9.17) is 0 Å². The summed E-state index contributed by atoms with van der Waals surface area (Å²) in [5.41, 5.74) is 0.322. The maximum atomic E-state index is 13.8. The van der Waals surface area contributed by atoms with Gasteiger partial charge in [0.1, 0.15) is 0 Å². The third-order valence-corrected chi connectivity index (χ3v) is 7.60. The lowest BCUT2D eigenvalue weighted by atomic mass is 9.68. The molecule has 2 saturated carbocycles. The quantitative estimate of drug-likeness (QED) is 0.308. The number of benzene rings is 1. The fourth-order valence-electron chi connectivity index (χ4n) is 5.70. The van der Waals surface area contributed by atoms with Crippen molar-refractivity contribution in [2.75, 3.05) is 0 Å². The van der Waals surface area contributed by atoms with Gasteiger partial charge in [0.25, 0.3) is 0 Å². The minimum absolute atomic E-state index is 0.322. The Balaban J connectivity index is 1.37. The van der Waals surface area contributed by atoms with Crippen LogP contribution in [-0.4, -0.2) is 0 Å². The Morgan fingerprint density at radius 3 is 1.86 bits per heavy atom. The van der Waals surface area contributed by atoms with Crippen LogP contribution >= 0.6 is 0 Å². The molecule has 0 spiro atoms. The zero-order valence-electron chi connectivity index (χ0n) is 17.5. The molecule has 0 unspecified atom stereocenters. The number of hydrogen-bond donors (Lipinski definition) is 0. The van der Waals surface area contributed by atoms with E-state index in [1.165, 1.54) is 83.1 Å². The van der Waals surface area contributed by atoms with Crippen LogP contribution in [0.2, 0.25) is 0 Å². The molecule has 0 heterocycles. The van der Waals surface area contributed by atoms with Gasteiger partial charge in [-0.1, -0.05) is 64.4 Å². The molecule has 0 aromatic heterocycles. The van der Waals surface area contributed by atoms with Crippen LogP contribution in [0.3, 0.4) is 0 Å². The second-order valence-corrected chi connectivity index (χ2v) is 9.43. The summed E-state index contributed by atoms with van der Waals surface area (Å²) in [6.45, 7) is 2.28. The van der Waals surface area contributed by atoms with Gasteiger partial charge in [-0.2, -0.15) is 0 Å². The van der Waals surface area contributed by atoms with E-state index in [9.17, 15) is 13.2 Å². The topological polar surface area (TPSA) is 0 Å². The van der Waals surface area contributed by atoms with Crippen LogP contribution in [0.5, 0.6) is 0 Å². The molecule has 3 heteroatoms. The Morgan fingerprint density at radius 1 is 0.714 bits per heavy atom. The maximum absolute atomic E-state index is 13.8. The van der Waals surface area contributed by atoms with Gasteiger partial charge >= 0.3 is 0 Å². The lowest BCUT2D eigenvalue weighted by molar-refractivity contribution is 0.140. The van der Waals surface area contributed by atoms with E-state index in [0.717, 1.165) is 30.2 Å². The summed E-state index contributed by atoms with van der Waals surface area (Å²) in [6, 6.07) is 2.45. The van der Waals surface area contributed by atoms with Crippen molar-refractivity contribution < 1.29 is 13.2 Å². The second kappa shape index (κ2) is 10.7. The summed E-state index contributed by atoms with van der Waals surface area (Å²) >= 11 is 0. The molecule has 158 valence electrons. The van der Waals surface area contributed by atoms with Crippen molar-refractivity contribution in [3.05, 3.63) is 35.1 Å². The summed E-state index contributed by atoms with van der Waals surface area (Å²) in [5.74, 6) is -0.0307. The van der Waals surface area contributed by atoms with E-state index >= 15 is 0 Å². The van der Waals surface area contributed by atoms with Crippen molar-refractivity contribution in [3.8, 4) is 0 Å². The van der Waals surface area contributed by atoms with Crippen LogP contribution in [-0.2, 0) is 6.42 Å². The first-order valence-corrected chi connectivity index (χ1v) is 11.7. The third-order valence-electron chi connectivity index (χ3n) is 7.60. The minimum atomic E-state index is -1.33. The molecule has 3 rings (SSSR count). The Kier molecular flexibility index (Phi) is 8.29. The summed E-state index contributed by atoms with van der Waals surface area (Å²) in [7, 11) is 0. The normalized spacial score (nSPS) is 28.4. The van der Waals surface area contributed by atoms with E-state index in [1.54, 1.807) is 0 Å². The van der Waals surface area contributed by atoms with Crippen LogP contribution in [0.25, 0.3) is 0 Å². The second-order valence-electron chi connectivity index (χ2n) is 9.43. The highest BCUT2D eigenvalue weighted by atomic mass is 19.2. The Labute approximate surface area is 169 Å². The maximum Gasteiger partial charge on any atom is 0.194 e. The smallest absolute Gasteiger partial charge is 0.194 e. The number of halogens is 3. The summed E-state index contributed by atoms with van der Waals surface area (Å²) in [5, 5.41) is 0. The Hall–Kier alpha value is -0.990. The number of aryl methyl sites for hydroxylation is 1. The van der Waals surface area contributed by atoms with E-state index in [2.05, 4.69) is 6.92 Å². The van der Waals surface area contributed by atoms with Gasteiger partial charge in [-0.15, -0.1) is 0 Å². The largest absolute Gasteiger partial charge is 0.204 e. The number of hydrogen-bond acceptors (Lipinski definition) is 0. The summed E-state index contributed by atoms with van der Waals surface area (Å²) in [6.07, 6.45) is 17.7. The van der Waals surface area contributed by atoms with E-state index in [1.807, 2.05) is 0 Å². The molecule has 0 saturated heterocycles. The molecule has 2 fully saturated rings. The van der Waals surface area contributed by atoms with Crippen molar-refractivity contribution in [2.45, 2.75) is 96.8 Å². The van der Waals surface area contributed by atoms with Gasteiger partial charge in [0.05, 0.1) is 0 Å². The average Bonchev–Trinajstić information content (AvgIpc) is 2.73. The molecule has 28 heavy (non-hydrogen) atoms. The monoisotopic (exact) mass is 394 g/mol. The molecule has 0 aliphatic heterocycles. The molecule has 0 radical (unpaired) electrons. The van der Waals surface area contributed by atoms with Crippen LogP contribution in [0, 0.1) is 41.1 Å². The van der Waals surface area contributed by atoms with Gasteiger partial charge in [-0.25, -0.2) is 13.2 Å². The fourth-order valence-corrected chi connectivity index (χ4v) is 5.70. The van der Waals surface area contributed by atoms with Crippen molar-refractivity contribution in [2.24, 2.45) is 23.7 Å². The van der Waals surface area contributed by atoms with Gasteiger partial charge in [0.15, 0.2) is 17.5 Å². The zero-order chi connectivity index (χ0) is 19.9. The van der Waals surface area contributed by atoms with Gasteiger partial charge in [-0.3, -0.25) is 0 Å². The molecule has 0 nitrogen and oxygen atoms in total. The Bertz CT molecular complexity index is 596. The van der Waals surface area contributed by atoms with Crippen molar-refractivity contribution in [3.63, 3.8) is 0 Å². The van der Waals surface area contributed by atoms with Crippen LogP contribution < -0.4 is 0 Å². The first-order valence-electron chi connectivity index (χ1n) is 11.7. The first kappa shape index (κ1) is 21.7. The van der Waals surface area contributed by atoms with Crippen LogP contribution in [0.15, 0.2) is 12.1 Å². The summed E-state index contributed by atoms with van der Waals surface area (Å²) < 4.78 is 40.3. The highest BCUT2D eigenvalue weighted by Gasteiger charge is 2.30. The number of rotatable bonds is 8. The first-order chi connectivity index (χ1) is 13.6. The van der Waals surface area contributed by atoms with Gasteiger partial charge in [-0.05, 0) is 73.8 Å². The summed E-state index contributed by atoms with van der Waals surface area (Å²) in [4.78, 5) is 0. The standard InChI is InChI=1S/C25H37F3/c1-2-3-4-5-18-6-11-20(12-7-18)21-13-8-19(9-14-21)10-15-22-16-17-23(26)25(28)24(22)27/h16-21H,2-15H2,1H3. The number of unbranched alkanes of at least 4 members (excludes halogenated alkanes) is 2. The molecule has 0 amide bonds. The van der Waals surface area contributed by atoms with Gasteiger partial charge < -0.3 is 0 Å². The minimum Gasteiger partial charge on any atom is -0.204 e. The van der Waals surface area contributed by atoms with Crippen molar-refractivity contribution in [1.82, 2.24) is 0 Å². The molecule has 2 aliphatic rings. The molecule has 0 N–H and O–H groups in total. The predicted molar refractivity (Wildman–Crippen MR) is 110 cm³/mol. The third kappa shape index (κ3) is 5.76. The molecule has 0 atom stereocenters. The molecule has 1 aromatic carbocycles. The van der Waals surface area contributed by atoms with Gasteiger partial charge in [0.2, 0.25) is 0 Å². The van der Waals surface area contributed by atoms with Crippen LogP contribution in [0.1, 0.15) is 96.0 Å². The average molecular weight is 395 g/mol. The molecular weight excluding hydrogens is 357 g/mol. The van der Waals surface area contributed by atoms with Gasteiger partial charge in [0, 0.05) is 0 Å².